The first-order valence-corrected chi connectivity index (χ1v) is 9.19. The summed E-state index contributed by atoms with van der Waals surface area (Å²) < 4.78 is 12.1. The van der Waals surface area contributed by atoms with Gasteiger partial charge in [-0.2, -0.15) is 5.10 Å². The third kappa shape index (κ3) is 4.19. The van der Waals surface area contributed by atoms with Gasteiger partial charge in [-0.3, -0.25) is 4.79 Å². The molecule has 0 amide bonds. The Morgan fingerprint density at radius 2 is 1.82 bits per heavy atom. The van der Waals surface area contributed by atoms with Gasteiger partial charge < -0.3 is 9.47 Å². The average molecular weight is 381 g/mol. The summed E-state index contributed by atoms with van der Waals surface area (Å²) >= 11 is 0. The number of ether oxygens (including phenoxy) is 2. The number of nitrogens with zero attached hydrogens (tertiary/aromatic N) is 3. The quantitative estimate of drug-likeness (QED) is 0.481. The lowest BCUT2D eigenvalue weighted by Gasteiger charge is -2.11. The predicted octanol–water partition coefficient (Wildman–Crippen LogP) is 3.37. The zero-order valence-corrected chi connectivity index (χ0v) is 16.5. The normalized spacial score (nSPS) is 10.9. The van der Waals surface area contributed by atoms with Crippen LogP contribution in [0.5, 0.6) is 5.75 Å². The largest absolute Gasteiger partial charge is 0.462 e. The molecule has 146 valence electrons. The van der Waals surface area contributed by atoms with Crippen molar-refractivity contribution in [3.63, 3.8) is 0 Å². The average Bonchev–Trinajstić information content (AvgIpc) is 3.02. The SMILES string of the molecule is CCOC(=O)c1ccc(OC(=O)CCc2c(C)nc3cc(C)nn3c2C)cc1. The van der Waals surface area contributed by atoms with Gasteiger partial charge >= 0.3 is 11.9 Å². The Labute approximate surface area is 163 Å². The van der Waals surface area contributed by atoms with E-state index in [1.807, 2.05) is 26.8 Å². The van der Waals surface area contributed by atoms with Gasteiger partial charge in [0.2, 0.25) is 0 Å². The van der Waals surface area contributed by atoms with Crippen LogP contribution in [-0.2, 0) is 16.0 Å². The molecule has 7 nitrogen and oxygen atoms in total. The molecule has 0 fully saturated rings. The molecule has 0 saturated carbocycles. The zero-order valence-electron chi connectivity index (χ0n) is 16.5. The van der Waals surface area contributed by atoms with Crippen LogP contribution in [0.3, 0.4) is 0 Å². The molecule has 0 aliphatic heterocycles. The molecule has 3 aromatic rings. The summed E-state index contributed by atoms with van der Waals surface area (Å²) in [6.07, 6.45) is 0.730. The number of esters is 2. The maximum absolute atomic E-state index is 12.2. The highest BCUT2D eigenvalue weighted by Crippen LogP contribution is 2.18. The van der Waals surface area contributed by atoms with E-state index in [1.54, 1.807) is 35.7 Å². The number of rotatable bonds is 6. The van der Waals surface area contributed by atoms with Crippen LogP contribution in [-0.4, -0.2) is 33.1 Å². The number of aromatic nitrogens is 3. The van der Waals surface area contributed by atoms with E-state index in [2.05, 4.69) is 10.1 Å². The van der Waals surface area contributed by atoms with E-state index >= 15 is 0 Å². The fourth-order valence-corrected chi connectivity index (χ4v) is 3.09. The van der Waals surface area contributed by atoms with Crippen LogP contribution >= 0.6 is 0 Å². The van der Waals surface area contributed by atoms with E-state index in [9.17, 15) is 9.59 Å². The fraction of sp³-hybridized carbons (Fsp3) is 0.333. The minimum atomic E-state index is -0.400. The summed E-state index contributed by atoms with van der Waals surface area (Å²) in [5.74, 6) is -0.356. The van der Waals surface area contributed by atoms with Crippen molar-refractivity contribution in [2.45, 2.75) is 40.5 Å². The van der Waals surface area contributed by atoms with Gasteiger partial charge in [0.1, 0.15) is 5.75 Å². The molecule has 0 bridgehead atoms. The second kappa shape index (κ2) is 8.21. The molecule has 0 aliphatic carbocycles. The van der Waals surface area contributed by atoms with Crippen molar-refractivity contribution in [1.82, 2.24) is 14.6 Å². The van der Waals surface area contributed by atoms with Gasteiger partial charge in [0, 0.05) is 17.5 Å². The maximum atomic E-state index is 12.2. The van der Waals surface area contributed by atoms with Crippen LogP contribution in [0.15, 0.2) is 30.3 Å². The lowest BCUT2D eigenvalue weighted by molar-refractivity contribution is -0.134. The standard InChI is InChI=1S/C21H23N3O4/c1-5-27-21(26)16-6-8-17(9-7-16)28-20(25)11-10-18-14(3)22-19-12-13(2)23-24(19)15(18)4/h6-9,12H,5,10-11H2,1-4H3. The fourth-order valence-electron chi connectivity index (χ4n) is 3.09. The zero-order chi connectivity index (χ0) is 20.3. The van der Waals surface area contributed by atoms with E-state index in [0.29, 0.717) is 24.3 Å². The molecular formula is C21H23N3O4. The summed E-state index contributed by atoms with van der Waals surface area (Å²) in [5.41, 5.74) is 4.98. The Morgan fingerprint density at radius 1 is 1.11 bits per heavy atom. The van der Waals surface area contributed by atoms with Gasteiger partial charge in [0.15, 0.2) is 5.65 Å². The topological polar surface area (TPSA) is 82.8 Å². The molecule has 28 heavy (non-hydrogen) atoms. The third-order valence-corrected chi connectivity index (χ3v) is 4.46. The van der Waals surface area contributed by atoms with E-state index < -0.39 is 5.97 Å². The Kier molecular flexibility index (Phi) is 5.73. The van der Waals surface area contributed by atoms with Crippen molar-refractivity contribution in [2.75, 3.05) is 6.61 Å². The van der Waals surface area contributed by atoms with Gasteiger partial charge in [0.05, 0.1) is 24.3 Å². The highest BCUT2D eigenvalue weighted by atomic mass is 16.5. The third-order valence-electron chi connectivity index (χ3n) is 4.46. The molecular weight excluding hydrogens is 358 g/mol. The number of hydrogen-bond acceptors (Lipinski definition) is 6. The van der Waals surface area contributed by atoms with E-state index in [4.69, 9.17) is 9.47 Å². The molecule has 1 aromatic carbocycles. The maximum Gasteiger partial charge on any atom is 0.338 e. The van der Waals surface area contributed by atoms with Crippen LogP contribution in [0.1, 0.15) is 46.3 Å². The number of benzene rings is 1. The summed E-state index contributed by atoms with van der Waals surface area (Å²) in [6, 6.07) is 8.25. The smallest absolute Gasteiger partial charge is 0.338 e. The number of aryl methyl sites for hydroxylation is 3. The molecule has 0 unspecified atom stereocenters. The molecule has 0 aliphatic rings. The van der Waals surface area contributed by atoms with Crippen molar-refractivity contribution in [2.24, 2.45) is 0 Å². The highest BCUT2D eigenvalue weighted by molar-refractivity contribution is 5.89. The number of carbonyl (C=O) groups excluding carboxylic acids is 2. The minimum Gasteiger partial charge on any atom is -0.462 e. The molecule has 0 N–H and O–H groups in total. The van der Waals surface area contributed by atoms with Gasteiger partial charge in [-0.15, -0.1) is 0 Å². The predicted molar refractivity (Wildman–Crippen MR) is 104 cm³/mol. The second-order valence-corrected chi connectivity index (χ2v) is 6.54. The Balaban J connectivity index is 1.64. The molecule has 7 heteroatoms. The first-order chi connectivity index (χ1) is 13.4. The van der Waals surface area contributed by atoms with Crippen molar-refractivity contribution in [3.05, 3.63) is 58.5 Å². The molecule has 0 radical (unpaired) electrons. The molecule has 0 spiro atoms. The number of hydrogen-bond donors (Lipinski definition) is 0. The Bertz CT molecular complexity index is 1020. The van der Waals surface area contributed by atoms with E-state index in [0.717, 1.165) is 28.3 Å². The highest BCUT2D eigenvalue weighted by Gasteiger charge is 2.14. The van der Waals surface area contributed by atoms with Gasteiger partial charge in [-0.25, -0.2) is 14.3 Å². The Hall–Kier alpha value is -3.22. The molecule has 2 aromatic heterocycles. The van der Waals surface area contributed by atoms with Crippen molar-refractivity contribution in [1.29, 1.82) is 0 Å². The van der Waals surface area contributed by atoms with Crippen molar-refractivity contribution >= 4 is 17.6 Å². The van der Waals surface area contributed by atoms with Crippen LogP contribution in [0.4, 0.5) is 0 Å². The van der Waals surface area contributed by atoms with E-state index in [1.165, 1.54) is 0 Å². The molecule has 3 rings (SSSR count). The molecule has 0 atom stereocenters. The summed E-state index contributed by atoms with van der Waals surface area (Å²) in [4.78, 5) is 28.5. The van der Waals surface area contributed by atoms with E-state index in [-0.39, 0.29) is 12.4 Å². The van der Waals surface area contributed by atoms with Crippen molar-refractivity contribution < 1.29 is 19.1 Å². The summed E-state index contributed by atoms with van der Waals surface area (Å²) in [7, 11) is 0. The summed E-state index contributed by atoms with van der Waals surface area (Å²) in [6.45, 7) is 7.89. The summed E-state index contributed by atoms with van der Waals surface area (Å²) in [5, 5.41) is 4.45. The lowest BCUT2D eigenvalue weighted by Crippen LogP contribution is -2.12. The van der Waals surface area contributed by atoms with Crippen molar-refractivity contribution in [3.8, 4) is 5.75 Å². The Morgan fingerprint density at radius 3 is 2.50 bits per heavy atom. The minimum absolute atomic E-state index is 0.217. The van der Waals surface area contributed by atoms with Crippen LogP contribution < -0.4 is 4.74 Å². The number of carbonyl (C=O) groups is 2. The lowest BCUT2D eigenvalue weighted by atomic mass is 10.1. The van der Waals surface area contributed by atoms with Gasteiger partial charge in [0.25, 0.3) is 0 Å². The second-order valence-electron chi connectivity index (χ2n) is 6.54. The molecule has 2 heterocycles. The first-order valence-electron chi connectivity index (χ1n) is 9.19. The molecule has 0 saturated heterocycles. The van der Waals surface area contributed by atoms with Gasteiger partial charge in [-0.1, -0.05) is 0 Å². The number of fused-ring (bicyclic) bond motifs is 1. The van der Waals surface area contributed by atoms with Gasteiger partial charge in [-0.05, 0) is 63.9 Å². The first kappa shape index (κ1) is 19.5. The van der Waals surface area contributed by atoms with Crippen LogP contribution in [0.2, 0.25) is 0 Å². The monoisotopic (exact) mass is 381 g/mol. The van der Waals surface area contributed by atoms with Crippen LogP contribution in [0.25, 0.3) is 5.65 Å². The van der Waals surface area contributed by atoms with Crippen LogP contribution in [0, 0.1) is 20.8 Å².